The third-order valence-electron chi connectivity index (χ3n) is 3.55. The number of amides is 1. The first kappa shape index (κ1) is 13.2. The number of hydrogen-bond donors (Lipinski definition) is 2. The maximum absolute atomic E-state index is 11.2. The number of fused-ring (bicyclic) bond motifs is 2. The van der Waals surface area contributed by atoms with E-state index < -0.39 is 12.0 Å². The fourth-order valence-corrected chi connectivity index (χ4v) is 2.56. The largest absolute Gasteiger partial charge is 0.489 e. The second kappa shape index (κ2) is 5.28. The number of hydrogen-bond acceptors (Lipinski definition) is 3. The number of carbonyl (C=O) groups excluding carboxylic acids is 1. The Balaban J connectivity index is 2.18. The lowest BCUT2D eigenvalue weighted by atomic mass is 9.94. The van der Waals surface area contributed by atoms with Crippen LogP contribution in [0.1, 0.15) is 33.1 Å². The Morgan fingerprint density at radius 1 is 1.24 bits per heavy atom. The van der Waals surface area contributed by atoms with Gasteiger partial charge in [-0.25, -0.2) is 4.79 Å². The molecule has 106 valence electrons. The molecule has 0 saturated heterocycles. The van der Waals surface area contributed by atoms with Gasteiger partial charge in [0.05, 0.1) is 11.6 Å². The number of nitrogens with one attached hydrogen (secondary N) is 1. The minimum atomic E-state index is -1.01. The Hall–Kier alpha value is -2.82. The van der Waals surface area contributed by atoms with Crippen LogP contribution in [-0.4, -0.2) is 17.5 Å². The fourth-order valence-electron chi connectivity index (χ4n) is 2.56. The summed E-state index contributed by atoms with van der Waals surface area (Å²) >= 11 is 0. The molecule has 0 aliphatic carbocycles. The quantitative estimate of drug-likeness (QED) is 0.846. The smallest absolute Gasteiger partial charge is 0.335 e. The first-order valence-electron chi connectivity index (χ1n) is 6.48. The summed E-state index contributed by atoms with van der Waals surface area (Å²) in [5.41, 5.74) is 2.68. The summed E-state index contributed by atoms with van der Waals surface area (Å²) < 4.78 is 5.74. The average molecular weight is 283 g/mol. The van der Waals surface area contributed by atoms with Gasteiger partial charge in [-0.3, -0.25) is 4.79 Å². The van der Waals surface area contributed by atoms with Crippen molar-refractivity contribution in [2.45, 2.75) is 12.6 Å². The van der Waals surface area contributed by atoms with Crippen LogP contribution in [0.3, 0.4) is 0 Å². The molecule has 21 heavy (non-hydrogen) atoms. The number of rotatable bonds is 3. The zero-order valence-electron chi connectivity index (χ0n) is 11.1. The maximum atomic E-state index is 11.2. The maximum Gasteiger partial charge on any atom is 0.335 e. The SMILES string of the molecule is O=CNC1c2ccccc2COc2ccc(C(=O)O)cc21. The van der Waals surface area contributed by atoms with Gasteiger partial charge >= 0.3 is 5.97 Å². The molecule has 1 amide bonds. The normalized spacial score (nSPS) is 15.9. The van der Waals surface area contributed by atoms with Crippen LogP contribution in [0.2, 0.25) is 0 Å². The van der Waals surface area contributed by atoms with Gasteiger partial charge in [0, 0.05) is 5.56 Å². The summed E-state index contributed by atoms with van der Waals surface area (Å²) in [5.74, 6) is -0.435. The lowest BCUT2D eigenvalue weighted by molar-refractivity contribution is -0.110. The van der Waals surface area contributed by atoms with Gasteiger partial charge in [0.1, 0.15) is 12.4 Å². The molecular weight excluding hydrogens is 270 g/mol. The van der Waals surface area contributed by atoms with Crippen LogP contribution in [0, 0.1) is 0 Å². The number of carboxylic acid groups (broad SMARTS) is 1. The van der Waals surface area contributed by atoms with Gasteiger partial charge in [0.15, 0.2) is 0 Å². The summed E-state index contributed by atoms with van der Waals surface area (Å²) in [6.07, 6.45) is 0.615. The number of carbonyl (C=O) groups is 2. The van der Waals surface area contributed by atoms with E-state index in [1.807, 2.05) is 24.3 Å². The molecule has 0 fully saturated rings. The zero-order valence-corrected chi connectivity index (χ0v) is 11.1. The molecule has 5 nitrogen and oxygen atoms in total. The van der Waals surface area contributed by atoms with Gasteiger partial charge < -0.3 is 15.2 Å². The van der Waals surface area contributed by atoms with Crippen molar-refractivity contribution in [1.29, 1.82) is 0 Å². The lowest BCUT2D eigenvalue weighted by Gasteiger charge is -2.18. The van der Waals surface area contributed by atoms with Crippen LogP contribution in [0.5, 0.6) is 5.75 Å². The van der Waals surface area contributed by atoms with E-state index in [0.29, 0.717) is 24.3 Å². The molecule has 0 saturated carbocycles. The van der Waals surface area contributed by atoms with Gasteiger partial charge in [-0.1, -0.05) is 24.3 Å². The molecule has 0 radical (unpaired) electrons. The summed E-state index contributed by atoms with van der Waals surface area (Å²) in [5, 5.41) is 11.9. The van der Waals surface area contributed by atoms with E-state index >= 15 is 0 Å². The van der Waals surface area contributed by atoms with E-state index in [4.69, 9.17) is 9.84 Å². The summed E-state index contributed by atoms with van der Waals surface area (Å²) in [7, 11) is 0. The summed E-state index contributed by atoms with van der Waals surface area (Å²) in [6, 6.07) is 11.9. The van der Waals surface area contributed by atoms with Gasteiger partial charge in [0.25, 0.3) is 0 Å². The van der Waals surface area contributed by atoms with Crippen molar-refractivity contribution in [3.8, 4) is 5.75 Å². The standard InChI is InChI=1S/C16H13NO4/c18-9-17-15-12-4-2-1-3-11(12)8-21-14-6-5-10(16(19)20)7-13(14)15/h1-7,9,15H,8H2,(H,17,18)(H,19,20). The lowest BCUT2D eigenvalue weighted by Crippen LogP contribution is -2.21. The minimum Gasteiger partial charge on any atom is -0.489 e. The van der Waals surface area contributed by atoms with Crippen molar-refractivity contribution < 1.29 is 19.4 Å². The Morgan fingerprint density at radius 2 is 2.05 bits per heavy atom. The Labute approximate surface area is 121 Å². The molecule has 5 heteroatoms. The predicted octanol–water partition coefficient (Wildman–Crippen LogP) is 2.11. The third-order valence-corrected chi connectivity index (χ3v) is 3.55. The summed E-state index contributed by atoms with van der Waals surface area (Å²) in [4.78, 5) is 22.1. The van der Waals surface area contributed by atoms with E-state index in [-0.39, 0.29) is 5.56 Å². The fraction of sp³-hybridized carbons (Fsp3) is 0.125. The van der Waals surface area contributed by atoms with Crippen LogP contribution in [0.25, 0.3) is 0 Å². The van der Waals surface area contributed by atoms with Crippen molar-refractivity contribution in [2.24, 2.45) is 0 Å². The molecule has 1 atom stereocenters. The molecular formula is C16H13NO4. The van der Waals surface area contributed by atoms with Crippen molar-refractivity contribution in [2.75, 3.05) is 0 Å². The highest BCUT2D eigenvalue weighted by Gasteiger charge is 2.25. The summed E-state index contributed by atoms with van der Waals surface area (Å²) in [6.45, 7) is 0.382. The molecule has 2 aromatic carbocycles. The molecule has 2 aromatic rings. The Morgan fingerprint density at radius 3 is 2.81 bits per heavy atom. The molecule has 0 bridgehead atoms. The van der Waals surface area contributed by atoms with Gasteiger partial charge in [-0.2, -0.15) is 0 Å². The van der Waals surface area contributed by atoms with E-state index in [0.717, 1.165) is 11.1 Å². The van der Waals surface area contributed by atoms with Gasteiger partial charge in [0.2, 0.25) is 6.41 Å². The number of aromatic carboxylic acids is 1. The van der Waals surface area contributed by atoms with E-state index in [1.54, 1.807) is 12.1 Å². The first-order chi connectivity index (χ1) is 10.2. The van der Waals surface area contributed by atoms with Crippen molar-refractivity contribution in [3.05, 3.63) is 64.7 Å². The van der Waals surface area contributed by atoms with E-state index in [1.165, 1.54) is 6.07 Å². The van der Waals surface area contributed by atoms with Crippen LogP contribution < -0.4 is 10.1 Å². The van der Waals surface area contributed by atoms with Crippen LogP contribution in [0.15, 0.2) is 42.5 Å². The highest BCUT2D eigenvalue weighted by molar-refractivity contribution is 5.88. The second-order valence-corrected chi connectivity index (χ2v) is 4.76. The monoisotopic (exact) mass is 283 g/mol. The number of carboxylic acids is 1. The molecule has 1 unspecified atom stereocenters. The molecule has 0 aromatic heterocycles. The predicted molar refractivity (Wildman–Crippen MR) is 75.2 cm³/mol. The van der Waals surface area contributed by atoms with Gasteiger partial charge in [-0.15, -0.1) is 0 Å². The minimum absolute atomic E-state index is 0.162. The van der Waals surface area contributed by atoms with Crippen molar-refractivity contribution >= 4 is 12.4 Å². The molecule has 0 spiro atoms. The second-order valence-electron chi connectivity index (χ2n) is 4.76. The number of benzene rings is 2. The van der Waals surface area contributed by atoms with E-state index in [2.05, 4.69) is 5.32 Å². The highest BCUT2D eigenvalue weighted by Crippen LogP contribution is 2.36. The Bertz CT molecular complexity index is 711. The zero-order chi connectivity index (χ0) is 14.8. The van der Waals surface area contributed by atoms with Crippen molar-refractivity contribution in [1.82, 2.24) is 5.32 Å². The van der Waals surface area contributed by atoms with Crippen molar-refractivity contribution in [3.63, 3.8) is 0 Å². The van der Waals surface area contributed by atoms with E-state index in [9.17, 15) is 9.59 Å². The molecule has 3 rings (SSSR count). The van der Waals surface area contributed by atoms with Crippen LogP contribution in [0.4, 0.5) is 0 Å². The highest BCUT2D eigenvalue weighted by atomic mass is 16.5. The average Bonchev–Trinajstić information content (AvgIpc) is 2.65. The third kappa shape index (κ3) is 2.33. The molecule has 1 aliphatic rings. The van der Waals surface area contributed by atoms with Gasteiger partial charge in [-0.05, 0) is 29.3 Å². The molecule has 1 heterocycles. The topological polar surface area (TPSA) is 75.6 Å². The first-order valence-corrected chi connectivity index (χ1v) is 6.48. The van der Waals surface area contributed by atoms with Crippen LogP contribution in [-0.2, 0) is 11.4 Å². The molecule has 2 N–H and O–H groups in total. The van der Waals surface area contributed by atoms with Crippen LogP contribution >= 0.6 is 0 Å². The molecule has 1 aliphatic heterocycles. The number of ether oxygens (including phenoxy) is 1. The Kier molecular flexibility index (Phi) is 3.31.